The Morgan fingerprint density at radius 1 is 1.12 bits per heavy atom. The van der Waals surface area contributed by atoms with Crippen LogP contribution in [-0.2, 0) is 19.2 Å². The predicted molar refractivity (Wildman–Crippen MR) is 127 cm³/mol. The Balaban J connectivity index is 1.59. The van der Waals surface area contributed by atoms with E-state index in [-0.39, 0.29) is 10.6 Å². The molecule has 7 nitrogen and oxygen atoms in total. The summed E-state index contributed by atoms with van der Waals surface area (Å²) < 4.78 is 4.93. The minimum atomic E-state index is -1.01. The van der Waals surface area contributed by atoms with Crippen LogP contribution >= 0.6 is 34.3 Å². The molecular weight excluding hydrogens is 484 g/mol. The molecule has 0 radical (unpaired) electrons. The fourth-order valence-corrected chi connectivity index (χ4v) is 6.42. The molecule has 0 saturated carbocycles. The number of fused-ring (bicyclic) bond motifs is 1. The Bertz CT molecular complexity index is 1250. The number of halogens is 1. The molecule has 33 heavy (non-hydrogen) atoms. The van der Waals surface area contributed by atoms with Crippen molar-refractivity contribution in [1.29, 1.82) is 0 Å². The van der Waals surface area contributed by atoms with Gasteiger partial charge in [-0.05, 0) is 55.1 Å². The maximum Gasteiger partial charge on any atom is 0.341 e. The molecule has 5 rings (SSSR count). The minimum Gasteiger partial charge on any atom is -0.465 e. The van der Waals surface area contributed by atoms with E-state index < -0.39 is 35.8 Å². The van der Waals surface area contributed by atoms with E-state index in [4.69, 9.17) is 21.2 Å². The average Bonchev–Trinajstić information content (AvgIpc) is 3.55. The van der Waals surface area contributed by atoms with Crippen LogP contribution in [0.2, 0.25) is 5.02 Å². The van der Waals surface area contributed by atoms with Crippen molar-refractivity contribution in [2.24, 2.45) is 5.92 Å². The van der Waals surface area contributed by atoms with Gasteiger partial charge in [-0.3, -0.25) is 14.4 Å². The number of benzene rings is 1. The molecule has 2 fully saturated rings. The number of thiophene rings is 2. The lowest BCUT2D eigenvalue weighted by molar-refractivity contribution is -0.126. The second-order valence-electron chi connectivity index (χ2n) is 7.78. The molecule has 3 aromatic rings. The van der Waals surface area contributed by atoms with Crippen LogP contribution in [0.1, 0.15) is 31.7 Å². The van der Waals surface area contributed by atoms with Crippen LogP contribution in [0.3, 0.4) is 0 Å². The minimum absolute atomic E-state index is 0.240. The van der Waals surface area contributed by atoms with E-state index in [2.05, 4.69) is 0 Å². The van der Waals surface area contributed by atoms with Crippen molar-refractivity contribution in [2.75, 3.05) is 17.1 Å². The zero-order valence-corrected chi connectivity index (χ0v) is 20.3. The summed E-state index contributed by atoms with van der Waals surface area (Å²) in [5.74, 6) is -2.23. The quantitative estimate of drug-likeness (QED) is 0.372. The van der Waals surface area contributed by atoms with Gasteiger partial charge >= 0.3 is 5.97 Å². The normalized spacial score (nSPS) is 22.2. The number of methoxy groups -OCH3 is 1. The topological polar surface area (TPSA) is 76.2 Å². The first-order valence-corrected chi connectivity index (χ1v) is 12.2. The molecule has 2 amide bonds. The lowest BCUT2D eigenvalue weighted by Gasteiger charge is -2.27. The smallest absolute Gasteiger partial charge is 0.341 e. The first-order valence-electron chi connectivity index (χ1n) is 10.1. The molecule has 3 unspecified atom stereocenters. The second kappa shape index (κ2) is 8.25. The lowest BCUT2D eigenvalue weighted by atomic mass is 9.95. The van der Waals surface area contributed by atoms with E-state index in [1.807, 2.05) is 24.4 Å². The van der Waals surface area contributed by atoms with Gasteiger partial charge in [0.2, 0.25) is 5.91 Å². The van der Waals surface area contributed by atoms with Gasteiger partial charge in [-0.2, -0.15) is 0 Å². The van der Waals surface area contributed by atoms with Crippen LogP contribution in [-0.4, -0.2) is 31.0 Å². The largest absolute Gasteiger partial charge is 0.465 e. The number of hydroxylamine groups is 1. The van der Waals surface area contributed by atoms with Gasteiger partial charge in [0.15, 0.2) is 6.10 Å². The number of anilines is 2. The van der Waals surface area contributed by atoms with Crippen LogP contribution in [0.5, 0.6) is 0 Å². The SMILES string of the molecule is COC(=O)c1c(N2C(=O)C3ON(c4ccc(Cl)cc4)C(c4cccs4)C3C2=O)sc(C)c1C. The van der Waals surface area contributed by atoms with Crippen molar-refractivity contribution in [3.63, 3.8) is 0 Å². The zero-order chi connectivity index (χ0) is 23.4. The molecule has 3 atom stereocenters. The van der Waals surface area contributed by atoms with Crippen molar-refractivity contribution in [3.8, 4) is 0 Å². The van der Waals surface area contributed by atoms with Crippen molar-refractivity contribution in [3.05, 3.63) is 67.7 Å². The summed E-state index contributed by atoms with van der Waals surface area (Å²) in [5.41, 5.74) is 1.62. The maximum absolute atomic E-state index is 13.8. The molecule has 2 aliphatic heterocycles. The predicted octanol–water partition coefficient (Wildman–Crippen LogP) is 4.92. The molecular formula is C23H19ClN2O5S2. The van der Waals surface area contributed by atoms with Gasteiger partial charge in [0.1, 0.15) is 17.0 Å². The second-order valence-corrected chi connectivity index (χ2v) is 10.4. The number of nitrogens with zero attached hydrogens (tertiary/aromatic N) is 2. The van der Waals surface area contributed by atoms with Crippen LogP contribution in [0.15, 0.2) is 41.8 Å². The standard InChI is InChI=1S/C23H19ClN2O5S2/c1-11-12(2)33-22(16(11)23(29)30-3)25-20(27)17-18(15-5-4-10-32-15)26(31-19(17)21(25)28)14-8-6-13(24)7-9-14/h4-10,17-19H,1-3H3. The molecule has 2 aromatic heterocycles. The zero-order valence-electron chi connectivity index (χ0n) is 17.9. The molecule has 0 spiro atoms. The van der Waals surface area contributed by atoms with Crippen LogP contribution in [0.25, 0.3) is 0 Å². The molecule has 0 aliphatic carbocycles. The van der Waals surface area contributed by atoms with E-state index in [1.54, 1.807) is 36.3 Å². The van der Waals surface area contributed by atoms with Gasteiger partial charge in [0.05, 0.1) is 18.4 Å². The molecule has 10 heteroatoms. The fraction of sp³-hybridized carbons (Fsp3) is 0.261. The van der Waals surface area contributed by atoms with Crippen LogP contribution < -0.4 is 9.96 Å². The molecule has 1 aromatic carbocycles. The van der Waals surface area contributed by atoms with Gasteiger partial charge < -0.3 is 4.74 Å². The highest BCUT2D eigenvalue weighted by Crippen LogP contribution is 2.50. The molecule has 0 bridgehead atoms. The van der Waals surface area contributed by atoms with Gasteiger partial charge in [0.25, 0.3) is 5.91 Å². The van der Waals surface area contributed by atoms with Crippen LogP contribution in [0, 0.1) is 19.8 Å². The van der Waals surface area contributed by atoms with Crippen molar-refractivity contribution in [2.45, 2.75) is 26.0 Å². The van der Waals surface area contributed by atoms with E-state index in [9.17, 15) is 14.4 Å². The Morgan fingerprint density at radius 2 is 1.85 bits per heavy atom. The summed E-state index contributed by atoms with van der Waals surface area (Å²) in [6.07, 6.45) is -1.01. The number of amides is 2. The van der Waals surface area contributed by atoms with E-state index in [0.29, 0.717) is 16.3 Å². The summed E-state index contributed by atoms with van der Waals surface area (Å²) in [4.78, 5) is 48.7. The Hall–Kier alpha value is -2.72. The molecule has 4 heterocycles. The van der Waals surface area contributed by atoms with Crippen molar-refractivity contribution < 1.29 is 24.0 Å². The number of imide groups is 1. The van der Waals surface area contributed by atoms with Gasteiger partial charge in [-0.1, -0.05) is 17.7 Å². The summed E-state index contributed by atoms with van der Waals surface area (Å²) in [6, 6.07) is 10.4. The molecule has 2 saturated heterocycles. The Morgan fingerprint density at radius 3 is 2.48 bits per heavy atom. The van der Waals surface area contributed by atoms with Crippen molar-refractivity contribution >= 4 is 62.7 Å². The third-order valence-electron chi connectivity index (χ3n) is 5.99. The third-order valence-corrected chi connectivity index (χ3v) is 8.38. The number of aryl methyl sites for hydroxylation is 1. The Labute approximate surface area is 203 Å². The van der Waals surface area contributed by atoms with E-state index in [0.717, 1.165) is 14.7 Å². The molecule has 0 N–H and O–H groups in total. The number of rotatable bonds is 4. The molecule has 2 aliphatic rings. The number of esters is 1. The third kappa shape index (κ3) is 3.38. The molecule has 170 valence electrons. The number of hydrogen-bond acceptors (Lipinski definition) is 8. The van der Waals surface area contributed by atoms with Gasteiger partial charge in [-0.15, -0.1) is 22.7 Å². The summed E-state index contributed by atoms with van der Waals surface area (Å²) in [5, 5.41) is 4.40. The highest BCUT2D eigenvalue weighted by atomic mass is 35.5. The summed E-state index contributed by atoms with van der Waals surface area (Å²) >= 11 is 8.76. The van der Waals surface area contributed by atoms with Crippen molar-refractivity contribution in [1.82, 2.24) is 0 Å². The van der Waals surface area contributed by atoms with Gasteiger partial charge in [0, 0.05) is 14.8 Å². The first-order chi connectivity index (χ1) is 15.8. The van der Waals surface area contributed by atoms with E-state index in [1.165, 1.54) is 29.8 Å². The lowest BCUT2D eigenvalue weighted by Crippen LogP contribution is -2.37. The number of ether oxygens (including phenoxy) is 1. The average molecular weight is 503 g/mol. The fourth-order valence-electron chi connectivity index (χ4n) is 4.28. The Kier molecular flexibility index (Phi) is 5.52. The van der Waals surface area contributed by atoms with Crippen LogP contribution in [0.4, 0.5) is 10.7 Å². The highest BCUT2D eigenvalue weighted by Gasteiger charge is 2.61. The number of carbonyl (C=O) groups excluding carboxylic acids is 3. The highest BCUT2D eigenvalue weighted by molar-refractivity contribution is 7.17. The maximum atomic E-state index is 13.8. The summed E-state index contributed by atoms with van der Waals surface area (Å²) in [6.45, 7) is 3.62. The number of carbonyl (C=O) groups is 3. The summed E-state index contributed by atoms with van der Waals surface area (Å²) in [7, 11) is 1.28. The number of hydrogen-bond donors (Lipinski definition) is 0. The monoisotopic (exact) mass is 502 g/mol. The first kappa shape index (κ1) is 22.1. The van der Waals surface area contributed by atoms with Gasteiger partial charge in [-0.25, -0.2) is 14.8 Å². The van der Waals surface area contributed by atoms with E-state index >= 15 is 0 Å².